The van der Waals surface area contributed by atoms with Gasteiger partial charge in [0.25, 0.3) is 0 Å². The fourth-order valence-corrected chi connectivity index (χ4v) is 21.0. The standard InChI is InChI=1S/C12H32O3Si3/c1-16(2,3)11(14,10-13)12(15,17(4,5)6)18(7,8)9/h13-15H,10H2,1-9H3. The van der Waals surface area contributed by atoms with Crippen molar-refractivity contribution in [3.63, 3.8) is 0 Å². The van der Waals surface area contributed by atoms with Crippen molar-refractivity contribution in [2.75, 3.05) is 6.61 Å². The second-order valence-electron chi connectivity index (χ2n) is 8.48. The van der Waals surface area contributed by atoms with Crippen LogP contribution in [0.3, 0.4) is 0 Å². The molecular formula is C12H32O3Si3. The van der Waals surface area contributed by atoms with E-state index in [1.165, 1.54) is 0 Å². The van der Waals surface area contributed by atoms with Crippen molar-refractivity contribution >= 4 is 24.2 Å². The molecule has 0 amide bonds. The molecule has 0 saturated carbocycles. The smallest absolute Gasteiger partial charge is 0.0991 e. The monoisotopic (exact) mass is 308 g/mol. The topological polar surface area (TPSA) is 60.7 Å². The van der Waals surface area contributed by atoms with Gasteiger partial charge in [-0.05, 0) is 0 Å². The molecule has 18 heavy (non-hydrogen) atoms. The molecule has 0 saturated heterocycles. The lowest BCUT2D eigenvalue weighted by molar-refractivity contribution is -0.0500. The summed E-state index contributed by atoms with van der Waals surface area (Å²) in [5.41, 5.74) is 0. The third-order valence-corrected chi connectivity index (χ3v) is 17.4. The maximum Gasteiger partial charge on any atom is 0.0991 e. The van der Waals surface area contributed by atoms with Gasteiger partial charge in [0, 0.05) is 0 Å². The molecule has 1 unspecified atom stereocenters. The number of aliphatic hydroxyl groups excluding tert-OH is 1. The fraction of sp³-hybridized carbons (Fsp3) is 1.00. The third kappa shape index (κ3) is 2.55. The third-order valence-electron chi connectivity index (χ3n) is 4.24. The van der Waals surface area contributed by atoms with Crippen molar-refractivity contribution in [1.82, 2.24) is 0 Å². The molecule has 0 spiro atoms. The summed E-state index contributed by atoms with van der Waals surface area (Å²) in [7, 11) is -6.28. The Balaban J connectivity index is 6.22. The summed E-state index contributed by atoms with van der Waals surface area (Å²) < 4.78 is 0. The minimum atomic E-state index is -2.14. The number of hydrogen-bond acceptors (Lipinski definition) is 3. The lowest BCUT2D eigenvalue weighted by atomic mass is 10.4. The number of rotatable bonds is 5. The van der Waals surface area contributed by atoms with E-state index in [0.29, 0.717) is 0 Å². The van der Waals surface area contributed by atoms with Gasteiger partial charge in [-0.2, -0.15) is 0 Å². The normalized spacial score (nSPS) is 18.7. The second-order valence-corrected chi connectivity index (χ2v) is 24.8. The van der Waals surface area contributed by atoms with Crippen molar-refractivity contribution in [2.45, 2.75) is 69.0 Å². The molecule has 0 aliphatic carbocycles. The van der Waals surface area contributed by atoms with Gasteiger partial charge < -0.3 is 15.3 Å². The van der Waals surface area contributed by atoms with Crippen LogP contribution in [0.15, 0.2) is 0 Å². The minimum Gasteiger partial charge on any atom is -0.394 e. The maximum atomic E-state index is 11.5. The summed E-state index contributed by atoms with van der Waals surface area (Å²) in [6, 6.07) is 0. The van der Waals surface area contributed by atoms with E-state index < -0.39 is 34.3 Å². The van der Waals surface area contributed by atoms with Gasteiger partial charge in [0.2, 0.25) is 0 Å². The Labute approximate surface area is 115 Å². The van der Waals surface area contributed by atoms with Crippen LogP contribution < -0.4 is 0 Å². The Kier molecular flexibility index (Phi) is 4.96. The highest BCUT2D eigenvalue weighted by Gasteiger charge is 2.67. The Hall–Kier alpha value is 0.531. The van der Waals surface area contributed by atoms with E-state index in [9.17, 15) is 15.3 Å². The van der Waals surface area contributed by atoms with E-state index in [4.69, 9.17) is 0 Å². The molecule has 0 aliphatic heterocycles. The van der Waals surface area contributed by atoms with Crippen LogP contribution in [0, 0.1) is 0 Å². The number of hydrogen-bond donors (Lipinski definition) is 3. The van der Waals surface area contributed by atoms with E-state index in [2.05, 4.69) is 39.3 Å². The van der Waals surface area contributed by atoms with Crippen molar-refractivity contribution in [2.24, 2.45) is 0 Å². The summed E-state index contributed by atoms with van der Waals surface area (Å²) in [4.78, 5) is -1.09. The molecule has 6 heteroatoms. The van der Waals surface area contributed by atoms with Crippen LogP contribution in [0.5, 0.6) is 0 Å². The fourth-order valence-electron chi connectivity index (χ4n) is 3.26. The predicted molar refractivity (Wildman–Crippen MR) is 87.0 cm³/mol. The quantitative estimate of drug-likeness (QED) is 0.682. The van der Waals surface area contributed by atoms with E-state index >= 15 is 0 Å². The highest BCUT2D eigenvalue weighted by atomic mass is 28.4. The first-order valence-corrected chi connectivity index (χ1v) is 17.1. The molecule has 110 valence electrons. The van der Waals surface area contributed by atoms with Gasteiger partial charge in [-0.15, -0.1) is 0 Å². The first-order chi connectivity index (χ1) is 7.56. The summed E-state index contributed by atoms with van der Waals surface area (Å²) in [6.07, 6.45) is 0. The molecule has 0 aromatic carbocycles. The molecule has 3 N–H and O–H groups in total. The maximum absolute atomic E-state index is 11.5. The predicted octanol–water partition coefficient (Wildman–Crippen LogP) is 2.07. The van der Waals surface area contributed by atoms with Gasteiger partial charge in [-0.3, -0.25) is 0 Å². The van der Waals surface area contributed by atoms with Crippen molar-refractivity contribution in [3.8, 4) is 0 Å². The van der Waals surface area contributed by atoms with E-state index in [1.54, 1.807) is 0 Å². The van der Waals surface area contributed by atoms with Crippen LogP contribution in [0.4, 0.5) is 0 Å². The molecule has 0 aliphatic rings. The summed E-state index contributed by atoms with van der Waals surface area (Å²) in [6.45, 7) is 18.3. The van der Waals surface area contributed by atoms with Gasteiger partial charge in [0.1, 0.15) is 0 Å². The largest absolute Gasteiger partial charge is 0.394 e. The Morgan fingerprint density at radius 1 is 0.667 bits per heavy atom. The van der Waals surface area contributed by atoms with Crippen molar-refractivity contribution < 1.29 is 15.3 Å². The summed E-state index contributed by atoms with van der Waals surface area (Å²) in [5, 5.41) is 31.2. The molecule has 0 fully saturated rings. The van der Waals surface area contributed by atoms with Crippen molar-refractivity contribution in [3.05, 3.63) is 0 Å². The zero-order chi connectivity index (χ0) is 15.2. The van der Waals surface area contributed by atoms with Crippen LogP contribution >= 0.6 is 0 Å². The Bertz CT molecular complexity index is 285. The van der Waals surface area contributed by atoms with Gasteiger partial charge in [0.05, 0.1) is 40.9 Å². The van der Waals surface area contributed by atoms with Gasteiger partial charge in [0.15, 0.2) is 0 Å². The lowest BCUT2D eigenvalue weighted by Crippen LogP contribution is -2.84. The molecule has 0 bridgehead atoms. The average molecular weight is 309 g/mol. The Morgan fingerprint density at radius 2 is 0.944 bits per heavy atom. The van der Waals surface area contributed by atoms with E-state index in [-0.39, 0.29) is 6.61 Å². The molecule has 0 aromatic rings. The van der Waals surface area contributed by atoms with Crippen LogP contribution in [0.25, 0.3) is 0 Å². The van der Waals surface area contributed by atoms with E-state index in [0.717, 1.165) is 0 Å². The number of aliphatic hydroxyl groups is 3. The zero-order valence-corrected chi connectivity index (χ0v) is 16.5. The van der Waals surface area contributed by atoms with Crippen LogP contribution in [0.2, 0.25) is 58.9 Å². The van der Waals surface area contributed by atoms with Crippen LogP contribution in [-0.2, 0) is 0 Å². The molecule has 0 radical (unpaired) electrons. The van der Waals surface area contributed by atoms with Gasteiger partial charge in [-0.25, -0.2) is 0 Å². The van der Waals surface area contributed by atoms with Crippen LogP contribution in [-0.4, -0.2) is 56.2 Å². The minimum absolute atomic E-state index is 0.340. The van der Waals surface area contributed by atoms with Crippen LogP contribution in [0.1, 0.15) is 0 Å². The zero-order valence-electron chi connectivity index (χ0n) is 13.5. The van der Waals surface area contributed by atoms with Crippen molar-refractivity contribution in [1.29, 1.82) is 0 Å². The Morgan fingerprint density at radius 3 is 1.00 bits per heavy atom. The highest BCUT2D eigenvalue weighted by Crippen LogP contribution is 2.44. The average Bonchev–Trinajstić information content (AvgIpc) is 2.09. The molecular weight excluding hydrogens is 276 g/mol. The molecule has 3 nitrogen and oxygen atoms in total. The second kappa shape index (κ2) is 4.82. The molecule has 0 heterocycles. The first kappa shape index (κ1) is 18.5. The highest BCUT2D eigenvalue weighted by molar-refractivity contribution is 7.01. The molecule has 1 atom stereocenters. The summed E-state index contributed by atoms with van der Waals surface area (Å²) in [5.74, 6) is 0. The SMILES string of the molecule is C[Si](C)(C)C(O)(CO)C(O)([Si](C)(C)C)[Si](C)(C)C. The molecule has 0 rings (SSSR count). The van der Waals surface area contributed by atoms with Gasteiger partial charge >= 0.3 is 0 Å². The first-order valence-electron chi connectivity index (χ1n) is 6.62. The summed E-state index contributed by atoms with van der Waals surface area (Å²) >= 11 is 0. The lowest BCUT2D eigenvalue weighted by Gasteiger charge is -2.60. The molecule has 0 aromatic heterocycles. The van der Waals surface area contributed by atoms with Gasteiger partial charge in [-0.1, -0.05) is 58.9 Å². The van der Waals surface area contributed by atoms with E-state index in [1.807, 2.05) is 19.6 Å².